The molecule has 0 radical (unpaired) electrons. The SMILES string of the molecule is CC(C)N(CC(=O)Nc1cc(-c2ccccc2)nn1-c1ccc(F)cc1)C(=O)C1CCCCC1. The van der Waals surface area contributed by atoms with Crippen LogP contribution in [0, 0.1) is 11.7 Å². The smallest absolute Gasteiger partial charge is 0.245 e. The molecule has 0 aliphatic heterocycles. The molecule has 3 aromatic rings. The second kappa shape index (κ2) is 10.6. The minimum absolute atomic E-state index is 0.00150. The molecule has 0 saturated heterocycles. The average Bonchev–Trinajstić information content (AvgIpc) is 3.27. The number of carbonyl (C=O) groups excluding carboxylic acids is 2. The summed E-state index contributed by atoms with van der Waals surface area (Å²) in [6.45, 7) is 3.84. The maximum atomic E-state index is 13.5. The Balaban J connectivity index is 1.57. The molecule has 178 valence electrons. The van der Waals surface area contributed by atoms with Crippen LogP contribution in [0.15, 0.2) is 60.7 Å². The molecule has 1 saturated carbocycles. The molecule has 1 aliphatic carbocycles. The first-order valence-electron chi connectivity index (χ1n) is 11.9. The van der Waals surface area contributed by atoms with Gasteiger partial charge in [0.1, 0.15) is 18.2 Å². The van der Waals surface area contributed by atoms with E-state index in [1.165, 1.54) is 18.6 Å². The third-order valence-corrected chi connectivity index (χ3v) is 6.29. The van der Waals surface area contributed by atoms with Gasteiger partial charge in [-0.2, -0.15) is 5.10 Å². The first-order chi connectivity index (χ1) is 16.4. The Bertz CT molecular complexity index is 1120. The first-order valence-corrected chi connectivity index (χ1v) is 11.9. The van der Waals surface area contributed by atoms with Gasteiger partial charge in [0.05, 0.1) is 11.4 Å². The molecule has 1 aliphatic rings. The van der Waals surface area contributed by atoms with Gasteiger partial charge in [-0.25, -0.2) is 9.07 Å². The summed E-state index contributed by atoms with van der Waals surface area (Å²) in [6.07, 6.45) is 5.08. The maximum Gasteiger partial charge on any atom is 0.245 e. The van der Waals surface area contributed by atoms with Crippen molar-refractivity contribution >= 4 is 17.6 Å². The van der Waals surface area contributed by atoms with Gasteiger partial charge in [0.2, 0.25) is 11.8 Å². The molecule has 0 atom stereocenters. The van der Waals surface area contributed by atoms with Crippen molar-refractivity contribution in [2.45, 2.75) is 52.0 Å². The Labute approximate surface area is 199 Å². The monoisotopic (exact) mass is 462 g/mol. The zero-order valence-corrected chi connectivity index (χ0v) is 19.7. The average molecular weight is 463 g/mol. The van der Waals surface area contributed by atoms with Crippen LogP contribution in [0.1, 0.15) is 46.0 Å². The number of nitrogens with zero attached hydrogens (tertiary/aromatic N) is 3. The Kier molecular flexibility index (Phi) is 7.40. The number of benzene rings is 2. The van der Waals surface area contributed by atoms with Gasteiger partial charge in [0.15, 0.2) is 0 Å². The van der Waals surface area contributed by atoms with Crippen molar-refractivity contribution in [2.75, 3.05) is 11.9 Å². The van der Waals surface area contributed by atoms with E-state index < -0.39 is 0 Å². The number of hydrogen-bond donors (Lipinski definition) is 1. The van der Waals surface area contributed by atoms with E-state index in [1.807, 2.05) is 44.2 Å². The van der Waals surface area contributed by atoms with Gasteiger partial charge in [0, 0.05) is 23.6 Å². The third-order valence-electron chi connectivity index (χ3n) is 6.29. The third kappa shape index (κ3) is 5.53. The Morgan fingerprint density at radius 2 is 1.74 bits per heavy atom. The predicted molar refractivity (Wildman–Crippen MR) is 131 cm³/mol. The highest BCUT2D eigenvalue weighted by molar-refractivity contribution is 5.95. The standard InChI is InChI=1S/C27H31FN4O2/c1-19(2)31(27(34)21-11-7-4-8-12-21)18-26(33)29-25-17-24(20-9-5-3-6-10-20)30-32(25)23-15-13-22(28)14-16-23/h3,5-6,9-10,13-17,19,21H,4,7-8,11-12,18H2,1-2H3,(H,29,33). The lowest BCUT2D eigenvalue weighted by molar-refractivity contribution is -0.141. The lowest BCUT2D eigenvalue weighted by Crippen LogP contribution is -2.45. The van der Waals surface area contributed by atoms with Gasteiger partial charge in [0.25, 0.3) is 0 Å². The van der Waals surface area contributed by atoms with Crippen LogP contribution in [0.4, 0.5) is 10.2 Å². The van der Waals surface area contributed by atoms with Crippen LogP contribution in [0.2, 0.25) is 0 Å². The Hall–Kier alpha value is -3.48. The lowest BCUT2D eigenvalue weighted by Gasteiger charge is -2.31. The van der Waals surface area contributed by atoms with Gasteiger partial charge >= 0.3 is 0 Å². The second-order valence-corrected chi connectivity index (χ2v) is 9.11. The molecule has 2 amide bonds. The quantitative estimate of drug-likeness (QED) is 0.509. The topological polar surface area (TPSA) is 67.2 Å². The van der Waals surface area contributed by atoms with Crippen LogP contribution in [0.3, 0.4) is 0 Å². The maximum absolute atomic E-state index is 13.5. The van der Waals surface area contributed by atoms with Gasteiger partial charge < -0.3 is 10.2 Å². The van der Waals surface area contributed by atoms with Crippen molar-refractivity contribution in [1.82, 2.24) is 14.7 Å². The largest absolute Gasteiger partial charge is 0.331 e. The van der Waals surface area contributed by atoms with Crippen molar-refractivity contribution in [3.63, 3.8) is 0 Å². The number of amides is 2. The molecule has 7 heteroatoms. The van der Waals surface area contributed by atoms with Crippen LogP contribution in [0.5, 0.6) is 0 Å². The van der Waals surface area contributed by atoms with Crippen LogP contribution in [-0.2, 0) is 9.59 Å². The van der Waals surface area contributed by atoms with Crippen LogP contribution < -0.4 is 5.32 Å². The minimum Gasteiger partial charge on any atom is -0.331 e. The highest BCUT2D eigenvalue weighted by Crippen LogP contribution is 2.27. The molecule has 0 bridgehead atoms. The zero-order valence-electron chi connectivity index (χ0n) is 19.7. The number of anilines is 1. The van der Waals surface area contributed by atoms with Gasteiger partial charge in [-0.1, -0.05) is 49.6 Å². The number of aromatic nitrogens is 2. The van der Waals surface area contributed by atoms with Crippen LogP contribution in [-0.4, -0.2) is 39.1 Å². The predicted octanol–water partition coefficient (Wildman–Crippen LogP) is 5.43. The minimum atomic E-state index is -0.349. The number of rotatable bonds is 7. The van der Waals surface area contributed by atoms with E-state index >= 15 is 0 Å². The van der Waals surface area contributed by atoms with Crippen LogP contribution >= 0.6 is 0 Å². The number of nitrogens with one attached hydrogen (secondary N) is 1. The molecule has 0 spiro atoms. The summed E-state index contributed by atoms with van der Waals surface area (Å²) < 4.78 is 15.1. The summed E-state index contributed by atoms with van der Waals surface area (Å²) in [5.41, 5.74) is 2.20. The lowest BCUT2D eigenvalue weighted by atomic mass is 9.88. The summed E-state index contributed by atoms with van der Waals surface area (Å²) in [4.78, 5) is 27.9. The summed E-state index contributed by atoms with van der Waals surface area (Å²) in [5.74, 6) is -0.121. The fourth-order valence-corrected chi connectivity index (χ4v) is 4.44. The highest BCUT2D eigenvalue weighted by Gasteiger charge is 2.29. The molecule has 4 rings (SSSR count). The Morgan fingerprint density at radius 3 is 2.38 bits per heavy atom. The second-order valence-electron chi connectivity index (χ2n) is 9.11. The van der Waals surface area contributed by atoms with E-state index in [1.54, 1.807) is 27.8 Å². The molecule has 1 N–H and O–H groups in total. The molecule has 34 heavy (non-hydrogen) atoms. The Morgan fingerprint density at radius 1 is 1.06 bits per heavy atom. The van der Waals surface area contributed by atoms with Crippen molar-refractivity contribution in [3.8, 4) is 16.9 Å². The molecular formula is C27H31FN4O2. The molecule has 6 nitrogen and oxygen atoms in total. The zero-order chi connectivity index (χ0) is 24.1. The fourth-order valence-electron chi connectivity index (χ4n) is 4.44. The molecule has 1 fully saturated rings. The highest BCUT2D eigenvalue weighted by atomic mass is 19.1. The van der Waals surface area contributed by atoms with Gasteiger partial charge in [-0.3, -0.25) is 9.59 Å². The molecule has 2 aromatic carbocycles. The molecule has 1 heterocycles. The molecule has 0 unspecified atom stereocenters. The van der Waals surface area contributed by atoms with E-state index in [9.17, 15) is 14.0 Å². The number of hydrogen-bond acceptors (Lipinski definition) is 3. The fraction of sp³-hybridized carbons (Fsp3) is 0.370. The summed E-state index contributed by atoms with van der Waals surface area (Å²) in [7, 11) is 0. The van der Waals surface area contributed by atoms with E-state index in [2.05, 4.69) is 10.4 Å². The van der Waals surface area contributed by atoms with E-state index in [0.717, 1.165) is 31.2 Å². The summed E-state index contributed by atoms with van der Waals surface area (Å²) in [5, 5.41) is 7.59. The van der Waals surface area contributed by atoms with E-state index in [0.29, 0.717) is 17.2 Å². The van der Waals surface area contributed by atoms with E-state index in [4.69, 9.17) is 0 Å². The summed E-state index contributed by atoms with van der Waals surface area (Å²) in [6, 6.07) is 17.3. The number of halogens is 1. The van der Waals surface area contributed by atoms with E-state index in [-0.39, 0.29) is 36.1 Å². The van der Waals surface area contributed by atoms with Gasteiger partial charge in [-0.15, -0.1) is 0 Å². The first kappa shape index (κ1) is 23.7. The van der Waals surface area contributed by atoms with Gasteiger partial charge in [-0.05, 0) is 51.0 Å². The molecule has 1 aromatic heterocycles. The van der Waals surface area contributed by atoms with Crippen molar-refractivity contribution in [3.05, 3.63) is 66.5 Å². The van der Waals surface area contributed by atoms with Crippen molar-refractivity contribution < 1.29 is 14.0 Å². The molecular weight excluding hydrogens is 431 g/mol. The normalized spacial score (nSPS) is 14.2. The van der Waals surface area contributed by atoms with Crippen molar-refractivity contribution in [1.29, 1.82) is 0 Å². The van der Waals surface area contributed by atoms with Crippen LogP contribution in [0.25, 0.3) is 16.9 Å². The van der Waals surface area contributed by atoms with Crippen molar-refractivity contribution in [2.24, 2.45) is 5.92 Å². The summed E-state index contributed by atoms with van der Waals surface area (Å²) >= 11 is 0. The number of carbonyl (C=O) groups is 2.